The normalized spacial score (nSPS) is 17.1. The van der Waals surface area contributed by atoms with Crippen LogP contribution in [0, 0.1) is 5.82 Å². The first-order valence-electron chi connectivity index (χ1n) is 11.5. The SMILES string of the molecule is CN1CCCc2c1cnn1c(-c3ccc4cc(F)cc(NC5CCCCC5)c4n3)nnc21. The van der Waals surface area contributed by atoms with Crippen LogP contribution in [0.15, 0.2) is 30.5 Å². The third-order valence-corrected chi connectivity index (χ3v) is 6.80. The molecule has 0 unspecified atom stereocenters. The summed E-state index contributed by atoms with van der Waals surface area (Å²) in [6.45, 7) is 1.02. The fourth-order valence-corrected chi connectivity index (χ4v) is 5.12. The molecule has 1 aromatic carbocycles. The second kappa shape index (κ2) is 7.69. The van der Waals surface area contributed by atoms with Crippen LogP contribution in [0.2, 0.25) is 0 Å². The molecule has 8 heteroatoms. The van der Waals surface area contributed by atoms with E-state index in [1.807, 2.05) is 18.3 Å². The van der Waals surface area contributed by atoms with E-state index in [2.05, 4.69) is 32.6 Å². The van der Waals surface area contributed by atoms with Crippen LogP contribution in [0.5, 0.6) is 0 Å². The van der Waals surface area contributed by atoms with Gasteiger partial charge in [-0.15, -0.1) is 10.2 Å². The van der Waals surface area contributed by atoms with Gasteiger partial charge < -0.3 is 10.2 Å². The Labute approximate surface area is 185 Å². The van der Waals surface area contributed by atoms with Crippen LogP contribution in [0.1, 0.15) is 44.1 Å². The second-order valence-electron chi connectivity index (χ2n) is 8.99. The maximum absolute atomic E-state index is 14.3. The third-order valence-electron chi connectivity index (χ3n) is 6.80. The van der Waals surface area contributed by atoms with E-state index < -0.39 is 0 Å². The summed E-state index contributed by atoms with van der Waals surface area (Å²) in [6, 6.07) is 7.22. The number of aromatic nitrogens is 5. The van der Waals surface area contributed by atoms with Crippen LogP contribution in [0.25, 0.3) is 28.1 Å². The van der Waals surface area contributed by atoms with Gasteiger partial charge in [-0.25, -0.2) is 9.37 Å². The van der Waals surface area contributed by atoms with Gasteiger partial charge in [0.1, 0.15) is 11.5 Å². The summed E-state index contributed by atoms with van der Waals surface area (Å²) < 4.78 is 16.1. The molecule has 1 fully saturated rings. The molecule has 0 radical (unpaired) electrons. The summed E-state index contributed by atoms with van der Waals surface area (Å²) in [4.78, 5) is 7.11. The number of hydrogen-bond acceptors (Lipinski definition) is 6. The van der Waals surface area contributed by atoms with E-state index in [1.165, 1.54) is 30.9 Å². The molecule has 4 heterocycles. The minimum absolute atomic E-state index is 0.254. The van der Waals surface area contributed by atoms with Gasteiger partial charge >= 0.3 is 0 Å². The molecule has 1 aliphatic heterocycles. The average molecular weight is 432 g/mol. The van der Waals surface area contributed by atoms with Crippen molar-refractivity contribution in [2.75, 3.05) is 23.8 Å². The van der Waals surface area contributed by atoms with E-state index in [4.69, 9.17) is 4.98 Å². The molecule has 1 N–H and O–H groups in total. The Morgan fingerprint density at radius 3 is 2.81 bits per heavy atom. The summed E-state index contributed by atoms with van der Waals surface area (Å²) in [5.41, 5.74) is 5.25. The van der Waals surface area contributed by atoms with Gasteiger partial charge in [-0.2, -0.15) is 9.61 Å². The second-order valence-corrected chi connectivity index (χ2v) is 8.99. The van der Waals surface area contributed by atoms with Crippen molar-refractivity contribution in [1.82, 2.24) is 24.8 Å². The van der Waals surface area contributed by atoms with Gasteiger partial charge in [0.25, 0.3) is 0 Å². The van der Waals surface area contributed by atoms with Crippen LogP contribution >= 0.6 is 0 Å². The molecule has 0 saturated heterocycles. The lowest BCUT2D eigenvalue weighted by atomic mass is 9.95. The molecule has 2 aliphatic rings. The first kappa shape index (κ1) is 19.4. The molecule has 3 aromatic heterocycles. The average Bonchev–Trinajstić information content (AvgIpc) is 3.24. The smallest absolute Gasteiger partial charge is 0.203 e. The standard InChI is InChI=1S/C24H26FN7/c1-31-11-5-8-18-21(31)14-26-32-23(18)29-30-24(32)19-10-9-15-12-16(25)13-20(22(15)28-19)27-17-6-3-2-4-7-17/h9-10,12-14,17,27H,2-8,11H2,1H3. The number of halogens is 1. The fraction of sp³-hybridized carbons (Fsp3) is 0.417. The topological polar surface area (TPSA) is 71.2 Å². The summed E-state index contributed by atoms with van der Waals surface area (Å²) in [7, 11) is 2.08. The number of pyridine rings is 1. The molecule has 0 spiro atoms. The maximum atomic E-state index is 14.3. The zero-order chi connectivity index (χ0) is 21.7. The van der Waals surface area contributed by atoms with E-state index >= 15 is 0 Å². The van der Waals surface area contributed by atoms with E-state index in [-0.39, 0.29) is 5.82 Å². The van der Waals surface area contributed by atoms with E-state index in [0.717, 1.165) is 60.2 Å². The number of hydrogen-bond donors (Lipinski definition) is 1. The number of benzene rings is 1. The lowest BCUT2D eigenvalue weighted by molar-refractivity contribution is 0.463. The van der Waals surface area contributed by atoms with Crippen molar-refractivity contribution >= 4 is 27.9 Å². The highest BCUT2D eigenvalue weighted by Gasteiger charge is 2.22. The van der Waals surface area contributed by atoms with Gasteiger partial charge in [-0.05, 0) is 43.9 Å². The largest absolute Gasteiger partial charge is 0.380 e. The van der Waals surface area contributed by atoms with Crippen molar-refractivity contribution in [3.8, 4) is 11.5 Å². The minimum atomic E-state index is -0.254. The number of nitrogens with one attached hydrogen (secondary N) is 1. The number of aryl methyl sites for hydroxylation is 1. The molecule has 6 rings (SSSR count). The van der Waals surface area contributed by atoms with Gasteiger partial charge in [-0.3, -0.25) is 0 Å². The summed E-state index contributed by atoms with van der Waals surface area (Å²) in [5.74, 6) is 0.349. The van der Waals surface area contributed by atoms with Gasteiger partial charge in [0, 0.05) is 30.6 Å². The summed E-state index contributed by atoms with van der Waals surface area (Å²) in [5, 5.41) is 17.9. The Balaban J connectivity index is 1.45. The Morgan fingerprint density at radius 1 is 1.06 bits per heavy atom. The molecule has 4 aromatic rings. The highest BCUT2D eigenvalue weighted by molar-refractivity contribution is 5.92. The number of nitrogens with zero attached hydrogens (tertiary/aromatic N) is 6. The zero-order valence-electron chi connectivity index (χ0n) is 18.2. The molecular formula is C24H26FN7. The minimum Gasteiger partial charge on any atom is -0.380 e. The molecule has 1 saturated carbocycles. The van der Waals surface area contributed by atoms with Crippen molar-refractivity contribution in [2.45, 2.75) is 51.0 Å². The van der Waals surface area contributed by atoms with Gasteiger partial charge in [-0.1, -0.05) is 25.3 Å². The highest BCUT2D eigenvalue weighted by atomic mass is 19.1. The van der Waals surface area contributed by atoms with Gasteiger partial charge in [0.15, 0.2) is 5.65 Å². The van der Waals surface area contributed by atoms with Crippen LogP contribution in [0.3, 0.4) is 0 Å². The van der Waals surface area contributed by atoms with Gasteiger partial charge in [0.2, 0.25) is 5.82 Å². The maximum Gasteiger partial charge on any atom is 0.203 e. The quantitative estimate of drug-likeness (QED) is 0.511. The van der Waals surface area contributed by atoms with Crippen molar-refractivity contribution < 1.29 is 4.39 Å². The Kier molecular flexibility index (Phi) is 4.66. The number of anilines is 2. The summed E-state index contributed by atoms with van der Waals surface area (Å²) in [6.07, 6.45) is 9.84. The monoisotopic (exact) mass is 431 g/mol. The van der Waals surface area contributed by atoms with Crippen LogP contribution in [0.4, 0.5) is 15.8 Å². The predicted molar refractivity (Wildman–Crippen MR) is 124 cm³/mol. The Bertz CT molecular complexity index is 1310. The van der Waals surface area contributed by atoms with Gasteiger partial charge in [0.05, 0.1) is 23.1 Å². The third kappa shape index (κ3) is 3.25. The molecule has 32 heavy (non-hydrogen) atoms. The van der Waals surface area contributed by atoms with Crippen LogP contribution in [-0.2, 0) is 6.42 Å². The predicted octanol–water partition coefficient (Wildman–Crippen LogP) is 4.61. The van der Waals surface area contributed by atoms with Crippen molar-refractivity contribution in [3.05, 3.63) is 41.8 Å². The highest BCUT2D eigenvalue weighted by Crippen LogP contribution is 2.32. The first-order valence-corrected chi connectivity index (χ1v) is 11.5. The van der Waals surface area contributed by atoms with E-state index in [1.54, 1.807) is 10.6 Å². The molecule has 7 nitrogen and oxygen atoms in total. The number of fused-ring (bicyclic) bond motifs is 4. The first-order chi connectivity index (χ1) is 15.7. The molecule has 0 amide bonds. The van der Waals surface area contributed by atoms with E-state index in [9.17, 15) is 4.39 Å². The number of rotatable bonds is 3. The Hall–Kier alpha value is -3.29. The Morgan fingerprint density at radius 2 is 1.94 bits per heavy atom. The lowest BCUT2D eigenvalue weighted by Crippen LogP contribution is -2.25. The lowest BCUT2D eigenvalue weighted by Gasteiger charge is -2.26. The fourth-order valence-electron chi connectivity index (χ4n) is 5.12. The molecule has 0 atom stereocenters. The zero-order valence-corrected chi connectivity index (χ0v) is 18.2. The van der Waals surface area contributed by atoms with Crippen molar-refractivity contribution in [3.63, 3.8) is 0 Å². The van der Waals surface area contributed by atoms with Crippen molar-refractivity contribution in [2.24, 2.45) is 0 Å². The summed E-state index contributed by atoms with van der Waals surface area (Å²) >= 11 is 0. The molecule has 0 bridgehead atoms. The van der Waals surface area contributed by atoms with E-state index in [0.29, 0.717) is 17.6 Å². The van der Waals surface area contributed by atoms with Crippen LogP contribution < -0.4 is 10.2 Å². The molecular weight excluding hydrogens is 405 g/mol. The van der Waals surface area contributed by atoms with Crippen LogP contribution in [-0.4, -0.2) is 44.4 Å². The molecule has 1 aliphatic carbocycles. The molecule has 164 valence electrons. The van der Waals surface area contributed by atoms with Crippen molar-refractivity contribution in [1.29, 1.82) is 0 Å².